The molecule has 0 aliphatic carbocycles. The fraction of sp³-hybridized carbons (Fsp3) is 0.0732. The quantitative estimate of drug-likeness (QED) is 0.107. The number of hydrogen-bond donors (Lipinski definition) is 1. The zero-order valence-electron chi connectivity index (χ0n) is 29.4. The summed E-state index contributed by atoms with van der Waals surface area (Å²) in [5.41, 5.74) is 0. The first kappa shape index (κ1) is 36.8. The molecule has 1 atom stereocenters. The van der Waals surface area contributed by atoms with Gasteiger partial charge in [-0.05, 0) is 0 Å². The van der Waals surface area contributed by atoms with E-state index in [4.69, 9.17) is 20.2 Å². The molecule has 1 unspecified atom stereocenters. The summed E-state index contributed by atoms with van der Waals surface area (Å²) in [5.74, 6) is 0. The van der Waals surface area contributed by atoms with Gasteiger partial charge in [-0.2, -0.15) is 0 Å². The standard InChI is InChI=1S/C41H33GeO6S4Si2/c1-44-42(33-24-27-12-4-5-13-30(27)31-14-6-7-15-32(31)33)47-53(43,28-20-22-38-40(25-28)51-36-18-10-8-16-34(36)49-38)48-54(45-2,46-3)29-21-23-39-41(26-29)52-37-19-11-9-17-35(37)50-39/h4-26,43H,1-3H3. The van der Waals surface area contributed by atoms with E-state index in [1.165, 1.54) is 14.7 Å². The molecular formula is C41H33GeO6S4Si2. The summed E-state index contributed by atoms with van der Waals surface area (Å²) in [6, 6.07) is 47.7. The van der Waals surface area contributed by atoms with Crippen molar-refractivity contribution in [3.05, 3.63) is 140 Å². The van der Waals surface area contributed by atoms with E-state index in [0.29, 0.717) is 5.19 Å². The number of hydrogen-bond acceptors (Lipinski definition) is 10. The van der Waals surface area contributed by atoms with Gasteiger partial charge in [0.05, 0.1) is 0 Å². The molecule has 13 heteroatoms. The second kappa shape index (κ2) is 15.3. The summed E-state index contributed by atoms with van der Waals surface area (Å²) in [5, 5.41) is 5.66. The van der Waals surface area contributed by atoms with E-state index in [2.05, 4.69) is 91.0 Å². The van der Waals surface area contributed by atoms with Crippen LogP contribution in [0.5, 0.6) is 0 Å². The Labute approximate surface area is 338 Å². The number of fused-ring (bicyclic) bond motifs is 7. The summed E-state index contributed by atoms with van der Waals surface area (Å²) < 4.78 is 34.0. The van der Waals surface area contributed by atoms with Crippen LogP contribution in [-0.2, 0) is 20.2 Å². The van der Waals surface area contributed by atoms with Crippen molar-refractivity contribution < 1.29 is 25.0 Å². The molecule has 7 aromatic rings. The second-order valence-electron chi connectivity index (χ2n) is 12.6. The summed E-state index contributed by atoms with van der Waals surface area (Å²) in [7, 11) is -3.43. The average molecular weight is 879 g/mol. The molecular weight excluding hydrogens is 845 g/mol. The van der Waals surface area contributed by atoms with Gasteiger partial charge < -0.3 is 0 Å². The minimum absolute atomic E-state index is 0.559. The van der Waals surface area contributed by atoms with Crippen molar-refractivity contribution in [3.8, 4) is 0 Å². The second-order valence-corrected chi connectivity index (χ2v) is 26.6. The normalized spacial score (nSPS) is 14.7. The third kappa shape index (κ3) is 6.74. The summed E-state index contributed by atoms with van der Waals surface area (Å²) in [6.45, 7) is 0. The van der Waals surface area contributed by atoms with Crippen molar-refractivity contribution in [2.24, 2.45) is 0 Å². The average Bonchev–Trinajstić information content (AvgIpc) is 3.22. The van der Waals surface area contributed by atoms with E-state index in [1.54, 1.807) is 68.4 Å². The van der Waals surface area contributed by atoms with Crippen molar-refractivity contribution in [2.75, 3.05) is 21.3 Å². The van der Waals surface area contributed by atoms with Crippen molar-refractivity contribution in [1.82, 2.24) is 0 Å². The minimum atomic E-state index is -4.43. The first-order valence-corrected chi connectivity index (χ1v) is 26.6. The molecule has 269 valence electrons. The third-order valence-electron chi connectivity index (χ3n) is 9.40. The Hall–Kier alpha value is -2.80. The van der Waals surface area contributed by atoms with Crippen LogP contribution in [0.4, 0.5) is 0 Å². The maximum atomic E-state index is 13.3. The molecule has 2 aliphatic heterocycles. The molecule has 2 heterocycles. The fourth-order valence-corrected chi connectivity index (χ4v) is 23.4. The first-order chi connectivity index (χ1) is 26.4. The van der Waals surface area contributed by atoms with Gasteiger partial charge in [0.1, 0.15) is 0 Å². The van der Waals surface area contributed by atoms with E-state index < -0.39 is 32.6 Å². The zero-order chi connectivity index (χ0) is 36.9. The van der Waals surface area contributed by atoms with Crippen LogP contribution >= 0.6 is 47.0 Å². The summed E-state index contributed by atoms with van der Waals surface area (Å²) >= 11 is 3.57. The van der Waals surface area contributed by atoms with Gasteiger partial charge in [-0.1, -0.05) is 0 Å². The van der Waals surface area contributed by atoms with Crippen LogP contribution in [0, 0.1) is 0 Å². The van der Waals surface area contributed by atoms with Crippen molar-refractivity contribution in [1.29, 1.82) is 0 Å². The molecule has 54 heavy (non-hydrogen) atoms. The predicted molar refractivity (Wildman–Crippen MR) is 225 cm³/mol. The van der Waals surface area contributed by atoms with E-state index in [9.17, 15) is 4.80 Å². The fourth-order valence-electron chi connectivity index (χ4n) is 6.78. The molecule has 7 aromatic carbocycles. The van der Waals surface area contributed by atoms with Gasteiger partial charge in [0.25, 0.3) is 0 Å². The van der Waals surface area contributed by atoms with Crippen LogP contribution in [0.15, 0.2) is 179 Å². The van der Waals surface area contributed by atoms with Gasteiger partial charge in [-0.15, -0.1) is 0 Å². The maximum absolute atomic E-state index is 13.3. The van der Waals surface area contributed by atoms with Crippen LogP contribution in [0.25, 0.3) is 21.5 Å². The van der Waals surface area contributed by atoms with Gasteiger partial charge in [0.15, 0.2) is 0 Å². The van der Waals surface area contributed by atoms with Crippen molar-refractivity contribution >= 4 is 116 Å². The van der Waals surface area contributed by atoms with Gasteiger partial charge in [-0.3, -0.25) is 0 Å². The molecule has 0 bridgehead atoms. The molecule has 1 radical (unpaired) electrons. The Morgan fingerprint density at radius 3 is 1.52 bits per heavy atom. The van der Waals surface area contributed by atoms with E-state index in [0.717, 1.165) is 55.6 Å². The molecule has 1 N–H and O–H groups in total. The number of rotatable bonds is 10. The first-order valence-electron chi connectivity index (χ1n) is 17.1. The van der Waals surface area contributed by atoms with E-state index in [-0.39, 0.29) is 0 Å². The Balaban J connectivity index is 1.16. The van der Waals surface area contributed by atoms with Crippen LogP contribution in [0.1, 0.15) is 0 Å². The zero-order valence-corrected chi connectivity index (χ0v) is 36.8. The Kier molecular flexibility index (Phi) is 10.4. The van der Waals surface area contributed by atoms with Gasteiger partial charge in [-0.25, -0.2) is 0 Å². The monoisotopic (exact) mass is 879 g/mol. The molecule has 0 fully saturated rings. The molecule has 0 saturated heterocycles. The van der Waals surface area contributed by atoms with Crippen LogP contribution in [0.3, 0.4) is 0 Å². The van der Waals surface area contributed by atoms with E-state index in [1.807, 2.05) is 48.5 Å². The molecule has 0 spiro atoms. The molecule has 9 rings (SSSR count). The van der Waals surface area contributed by atoms with Gasteiger partial charge in [0.2, 0.25) is 0 Å². The van der Waals surface area contributed by atoms with Crippen molar-refractivity contribution in [3.63, 3.8) is 0 Å². The molecule has 2 aliphatic rings. The number of benzene rings is 7. The Bertz CT molecular complexity index is 2560. The van der Waals surface area contributed by atoms with Gasteiger partial charge in [0, 0.05) is 0 Å². The van der Waals surface area contributed by atoms with E-state index >= 15 is 0 Å². The molecule has 0 amide bonds. The van der Waals surface area contributed by atoms with Crippen LogP contribution < -0.4 is 14.8 Å². The molecule has 6 nitrogen and oxygen atoms in total. The third-order valence-corrected chi connectivity index (χ3v) is 25.7. The summed E-state index contributed by atoms with van der Waals surface area (Å²) in [6.07, 6.45) is 0. The Morgan fingerprint density at radius 2 is 0.944 bits per heavy atom. The summed E-state index contributed by atoms with van der Waals surface area (Å²) in [4.78, 5) is 22.4. The molecule has 0 aromatic heterocycles. The Morgan fingerprint density at radius 1 is 0.481 bits per heavy atom. The van der Waals surface area contributed by atoms with Crippen LogP contribution in [0.2, 0.25) is 0 Å². The van der Waals surface area contributed by atoms with Crippen molar-refractivity contribution in [2.45, 2.75) is 39.2 Å². The predicted octanol–water partition coefficient (Wildman–Crippen LogP) is 8.58. The van der Waals surface area contributed by atoms with Gasteiger partial charge >= 0.3 is 341 Å². The topological polar surface area (TPSA) is 66.4 Å². The van der Waals surface area contributed by atoms with Crippen LogP contribution in [-0.4, -0.2) is 58.8 Å². The molecule has 0 saturated carbocycles. The SMILES string of the molecule is C[O][Ge]([O][Si](O)(O[Si](OC)(OC)c1ccc2c(c1)Sc1ccccc1S2)c1ccc2c(c1)Sc1ccccc1S2)[c]1cc2ccccc2c2ccccc12.